The van der Waals surface area contributed by atoms with E-state index in [4.69, 9.17) is 5.11 Å². The third-order valence-electron chi connectivity index (χ3n) is 1.61. The van der Waals surface area contributed by atoms with Gasteiger partial charge in [-0.05, 0) is 18.8 Å². The Morgan fingerprint density at radius 1 is 1.89 bits per heavy atom. The lowest BCUT2D eigenvalue weighted by molar-refractivity contribution is -0.132. The Hall–Kier alpha value is -0.790. The number of aliphatic carboxylic acids is 1. The molecule has 2 heteroatoms. The first-order valence-corrected chi connectivity index (χ1v) is 3.12. The van der Waals surface area contributed by atoms with Crippen molar-refractivity contribution in [2.24, 2.45) is 5.92 Å². The molecule has 0 aromatic carbocycles. The van der Waals surface area contributed by atoms with Crippen LogP contribution in [0.15, 0.2) is 11.6 Å². The second kappa shape index (κ2) is 2.21. The molecule has 1 N–H and O–H groups in total. The van der Waals surface area contributed by atoms with Gasteiger partial charge in [0.25, 0.3) is 0 Å². The average Bonchev–Trinajstić information content (AvgIpc) is 2.14. The number of allylic oxidation sites excluding steroid dienone is 1. The Morgan fingerprint density at radius 2 is 2.56 bits per heavy atom. The summed E-state index contributed by atoms with van der Waals surface area (Å²) in [5.74, 6) is -0.213. The predicted octanol–water partition coefficient (Wildman–Crippen LogP) is 1.43. The first-order chi connectivity index (χ1) is 4.20. The van der Waals surface area contributed by atoms with Crippen molar-refractivity contribution in [1.29, 1.82) is 0 Å². The maximum atomic E-state index is 10.3. The number of hydrogen-bond acceptors (Lipinski definition) is 1. The van der Waals surface area contributed by atoms with E-state index in [-0.39, 0.29) is 0 Å². The van der Waals surface area contributed by atoms with Crippen LogP contribution in [0.2, 0.25) is 0 Å². The van der Waals surface area contributed by atoms with Gasteiger partial charge in [0, 0.05) is 5.57 Å². The molecule has 1 aliphatic carbocycles. The lowest BCUT2D eigenvalue weighted by Gasteiger charge is -1.96. The van der Waals surface area contributed by atoms with Crippen LogP contribution in [0.5, 0.6) is 0 Å². The molecule has 0 heterocycles. The summed E-state index contributed by atoms with van der Waals surface area (Å²) in [7, 11) is 0. The molecule has 0 spiro atoms. The van der Waals surface area contributed by atoms with Gasteiger partial charge in [-0.3, -0.25) is 0 Å². The van der Waals surface area contributed by atoms with Gasteiger partial charge in [0.2, 0.25) is 0 Å². The molecule has 0 unspecified atom stereocenters. The van der Waals surface area contributed by atoms with E-state index in [2.05, 4.69) is 6.92 Å². The second-order valence-electron chi connectivity index (χ2n) is 2.58. The second-order valence-corrected chi connectivity index (χ2v) is 2.58. The lowest BCUT2D eigenvalue weighted by Crippen LogP contribution is -1.98. The SMILES string of the molecule is C[C@H]1CC=C(C(=O)O)C1. The topological polar surface area (TPSA) is 37.3 Å². The molecule has 0 fully saturated rings. The zero-order chi connectivity index (χ0) is 6.85. The Morgan fingerprint density at radius 3 is 2.78 bits per heavy atom. The fraction of sp³-hybridized carbons (Fsp3) is 0.571. The first kappa shape index (κ1) is 6.33. The van der Waals surface area contributed by atoms with Gasteiger partial charge in [-0.2, -0.15) is 0 Å². The normalized spacial score (nSPS) is 25.9. The highest BCUT2D eigenvalue weighted by molar-refractivity contribution is 5.87. The zero-order valence-electron chi connectivity index (χ0n) is 5.42. The molecule has 0 saturated heterocycles. The maximum absolute atomic E-state index is 10.3. The minimum atomic E-state index is -0.751. The van der Waals surface area contributed by atoms with Crippen molar-refractivity contribution in [3.8, 4) is 0 Å². The summed E-state index contributed by atoms with van der Waals surface area (Å²) >= 11 is 0. The Bertz CT molecular complexity index is 158. The number of hydrogen-bond donors (Lipinski definition) is 1. The van der Waals surface area contributed by atoms with Crippen LogP contribution < -0.4 is 0 Å². The molecule has 9 heavy (non-hydrogen) atoms. The molecule has 0 aromatic heterocycles. The van der Waals surface area contributed by atoms with E-state index in [1.54, 1.807) is 0 Å². The number of carboxylic acid groups (broad SMARTS) is 1. The van der Waals surface area contributed by atoms with Crippen molar-refractivity contribution >= 4 is 5.97 Å². The molecule has 0 radical (unpaired) electrons. The van der Waals surface area contributed by atoms with Crippen LogP contribution in [0.3, 0.4) is 0 Å². The molecular formula is C7H10O2. The fourth-order valence-electron chi connectivity index (χ4n) is 1.06. The van der Waals surface area contributed by atoms with Crippen molar-refractivity contribution < 1.29 is 9.90 Å². The minimum absolute atomic E-state index is 0.538. The molecule has 0 aliphatic heterocycles. The summed E-state index contributed by atoms with van der Waals surface area (Å²) in [5.41, 5.74) is 0.586. The van der Waals surface area contributed by atoms with E-state index in [1.165, 1.54) is 0 Å². The largest absolute Gasteiger partial charge is 0.478 e. The van der Waals surface area contributed by atoms with Gasteiger partial charge >= 0.3 is 5.97 Å². The molecular weight excluding hydrogens is 116 g/mol. The molecule has 1 aliphatic rings. The Labute approximate surface area is 54.2 Å². The number of carbonyl (C=O) groups is 1. The molecule has 50 valence electrons. The molecule has 0 saturated carbocycles. The van der Waals surface area contributed by atoms with Crippen LogP contribution >= 0.6 is 0 Å². The van der Waals surface area contributed by atoms with Crippen LogP contribution in [0.25, 0.3) is 0 Å². The van der Waals surface area contributed by atoms with Crippen molar-refractivity contribution in [1.82, 2.24) is 0 Å². The summed E-state index contributed by atoms with van der Waals surface area (Å²) in [5, 5.41) is 8.46. The fourth-order valence-corrected chi connectivity index (χ4v) is 1.06. The van der Waals surface area contributed by atoms with E-state index in [9.17, 15) is 4.79 Å². The van der Waals surface area contributed by atoms with Gasteiger partial charge in [0.15, 0.2) is 0 Å². The van der Waals surface area contributed by atoms with E-state index in [0.29, 0.717) is 11.5 Å². The summed E-state index contributed by atoms with van der Waals surface area (Å²) in [6.45, 7) is 2.06. The molecule has 0 bridgehead atoms. The van der Waals surface area contributed by atoms with Crippen LogP contribution in [0.1, 0.15) is 19.8 Å². The highest BCUT2D eigenvalue weighted by atomic mass is 16.4. The third kappa shape index (κ3) is 1.31. The molecule has 1 rings (SSSR count). The summed E-state index contributed by atoms with van der Waals surface area (Å²) in [4.78, 5) is 10.3. The van der Waals surface area contributed by atoms with Crippen LogP contribution in [0.4, 0.5) is 0 Å². The van der Waals surface area contributed by atoms with Gasteiger partial charge in [-0.15, -0.1) is 0 Å². The van der Waals surface area contributed by atoms with Crippen molar-refractivity contribution in [2.45, 2.75) is 19.8 Å². The summed E-state index contributed by atoms with van der Waals surface area (Å²) in [6.07, 6.45) is 3.49. The van der Waals surface area contributed by atoms with Crippen molar-refractivity contribution in [2.75, 3.05) is 0 Å². The van der Waals surface area contributed by atoms with Gasteiger partial charge in [-0.25, -0.2) is 4.79 Å². The van der Waals surface area contributed by atoms with E-state index < -0.39 is 5.97 Å². The van der Waals surface area contributed by atoms with Gasteiger partial charge in [0.05, 0.1) is 0 Å². The maximum Gasteiger partial charge on any atom is 0.331 e. The zero-order valence-corrected chi connectivity index (χ0v) is 5.42. The lowest BCUT2D eigenvalue weighted by atomic mass is 10.1. The standard InChI is InChI=1S/C7H10O2/c1-5-2-3-6(4-5)7(8)9/h3,5H,2,4H2,1H3,(H,8,9)/t5-/m0/s1. The summed E-state index contributed by atoms with van der Waals surface area (Å²) < 4.78 is 0. The minimum Gasteiger partial charge on any atom is -0.478 e. The third-order valence-corrected chi connectivity index (χ3v) is 1.61. The van der Waals surface area contributed by atoms with Crippen molar-refractivity contribution in [3.63, 3.8) is 0 Å². The number of carboxylic acids is 1. The quantitative estimate of drug-likeness (QED) is 0.577. The highest BCUT2D eigenvalue weighted by Crippen LogP contribution is 2.23. The smallest absolute Gasteiger partial charge is 0.331 e. The summed E-state index contributed by atoms with van der Waals surface area (Å²) in [6, 6.07) is 0. The number of rotatable bonds is 1. The van der Waals surface area contributed by atoms with Gasteiger partial charge < -0.3 is 5.11 Å². The van der Waals surface area contributed by atoms with Gasteiger partial charge in [0.1, 0.15) is 0 Å². The van der Waals surface area contributed by atoms with E-state index in [1.807, 2.05) is 6.08 Å². The van der Waals surface area contributed by atoms with Gasteiger partial charge in [-0.1, -0.05) is 13.0 Å². The van der Waals surface area contributed by atoms with Crippen molar-refractivity contribution in [3.05, 3.63) is 11.6 Å². The van der Waals surface area contributed by atoms with E-state index >= 15 is 0 Å². The molecule has 2 nitrogen and oxygen atoms in total. The average molecular weight is 126 g/mol. The molecule has 0 amide bonds. The molecule has 1 atom stereocenters. The highest BCUT2D eigenvalue weighted by Gasteiger charge is 2.16. The van der Waals surface area contributed by atoms with Crippen LogP contribution in [0, 0.1) is 5.92 Å². The Balaban J connectivity index is 2.55. The first-order valence-electron chi connectivity index (χ1n) is 3.12. The monoisotopic (exact) mass is 126 g/mol. The predicted molar refractivity (Wildman–Crippen MR) is 34.1 cm³/mol. The van der Waals surface area contributed by atoms with Crippen LogP contribution in [-0.4, -0.2) is 11.1 Å². The van der Waals surface area contributed by atoms with E-state index in [0.717, 1.165) is 12.8 Å². The van der Waals surface area contributed by atoms with Crippen LogP contribution in [-0.2, 0) is 4.79 Å². The molecule has 0 aromatic rings. The Kier molecular flexibility index (Phi) is 1.56.